The highest BCUT2D eigenvalue weighted by Gasteiger charge is 2.24. The zero-order chi connectivity index (χ0) is 22.0. The molecular formula is C25H29N5O. The average molecular weight is 416 g/mol. The van der Waals surface area contributed by atoms with E-state index in [1.165, 1.54) is 11.1 Å². The third kappa shape index (κ3) is 4.85. The van der Waals surface area contributed by atoms with Crippen LogP contribution in [-0.4, -0.2) is 47.0 Å². The molecule has 2 heterocycles. The molecule has 0 spiro atoms. The van der Waals surface area contributed by atoms with Crippen molar-refractivity contribution in [2.45, 2.75) is 27.7 Å². The van der Waals surface area contributed by atoms with Gasteiger partial charge in [-0.1, -0.05) is 35.4 Å². The first-order valence-electron chi connectivity index (χ1n) is 10.7. The summed E-state index contributed by atoms with van der Waals surface area (Å²) in [6.07, 6.45) is 0. The second-order valence-corrected chi connectivity index (χ2v) is 8.28. The molecule has 1 N–H and O–H groups in total. The molecule has 0 atom stereocenters. The van der Waals surface area contributed by atoms with Crippen molar-refractivity contribution in [1.29, 1.82) is 0 Å². The van der Waals surface area contributed by atoms with Gasteiger partial charge >= 0.3 is 0 Å². The third-order valence-electron chi connectivity index (χ3n) is 5.63. The molecule has 0 saturated carbocycles. The van der Waals surface area contributed by atoms with Crippen LogP contribution in [0.2, 0.25) is 0 Å². The number of rotatable bonds is 4. The molecule has 0 radical (unpaired) electrons. The lowest BCUT2D eigenvalue weighted by molar-refractivity contribution is 0.0745. The minimum absolute atomic E-state index is 0.101. The van der Waals surface area contributed by atoms with Crippen LogP contribution >= 0.6 is 0 Å². The second-order valence-electron chi connectivity index (χ2n) is 8.28. The van der Waals surface area contributed by atoms with Crippen molar-refractivity contribution in [3.63, 3.8) is 0 Å². The molecular weight excluding hydrogens is 386 g/mol. The van der Waals surface area contributed by atoms with Crippen molar-refractivity contribution in [2.24, 2.45) is 0 Å². The van der Waals surface area contributed by atoms with Crippen molar-refractivity contribution in [3.8, 4) is 0 Å². The van der Waals surface area contributed by atoms with Gasteiger partial charge in [0.1, 0.15) is 5.82 Å². The predicted octanol–water partition coefficient (Wildman–Crippen LogP) is 4.42. The molecule has 4 rings (SSSR count). The maximum Gasteiger partial charge on any atom is 0.254 e. The highest BCUT2D eigenvalue weighted by Crippen LogP contribution is 2.21. The number of nitrogens with zero attached hydrogens (tertiary/aromatic N) is 4. The SMILES string of the molecule is Cc1ccc(Nc2cc(C)nc(N3CCN(C(=O)c4ccc(C)cc4C)CC3)n2)cc1. The van der Waals surface area contributed by atoms with Crippen LogP contribution in [-0.2, 0) is 0 Å². The number of aromatic nitrogens is 2. The summed E-state index contributed by atoms with van der Waals surface area (Å²) in [6.45, 7) is 10.8. The van der Waals surface area contributed by atoms with Crippen LogP contribution in [0.4, 0.5) is 17.5 Å². The molecule has 1 saturated heterocycles. The van der Waals surface area contributed by atoms with E-state index in [1.807, 2.05) is 56.0 Å². The molecule has 1 aliphatic rings. The van der Waals surface area contributed by atoms with Gasteiger partial charge in [-0.05, 0) is 51.5 Å². The summed E-state index contributed by atoms with van der Waals surface area (Å²) in [5.74, 6) is 1.58. The molecule has 160 valence electrons. The highest BCUT2D eigenvalue weighted by atomic mass is 16.2. The Balaban J connectivity index is 1.44. The van der Waals surface area contributed by atoms with Gasteiger partial charge in [0, 0.05) is 49.2 Å². The molecule has 0 aliphatic carbocycles. The quantitative estimate of drug-likeness (QED) is 0.684. The average Bonchev–Trinajstić information content (AvgIpc) is 2.75. The van der Waals surface area contributed by atoms with Crippen LogP contribution in [0.3, 0.4) is 0 Å². The van der Waals surface area contributed by atoms with Crippen LogP contribution in [0.25, 0.3) is 0 Å². The van der Waals surface area contributed by atoms with Gasteiger partial charge in [-0.15, -0.1) is 0 Å². The lowest BCUT2D eigenvalue weighted by Gasteiger charge is -2.35. The Kier molecular flexibility index (Phi) is 5.89. The monoisotopic (exact) mass is 415 g/mol. The minimum atomic E-state index is 0.101. The summed E-state index contributed by atoms with van der Waals surface area (Å²) in [5.41, 5.74) is 6.12. The molecule has 1 fully saturated rings. The number of carbonyl (C=O) groups is 1. The van der Waals surface area contributed by atoms with E-state index < -0.39 is 0 Å². The fourth-order valence-electron chi connectivity index (χ4n) is 3.88. The number of carbonyl (C=O) groups excluding carboxylic acids is 1. The van der Waals surface area contributed by atoms with Crippen LogP contribution in [0.5, 0.6) is 0 Å². The number of hydrogen-bond acceptors (Lipinski definition) is 5. The van der Waals surface area contributed by atoms with E-state index in [9.17, 15) is 4.79 Å². The predicted molar refractivity (Wildman–Crippen MR) is 125 cm³/mol. The fraction of sp³-hybridized carbons (Fsp3) is 0.320. The van der Waals surface area contributed by atoms with Gasteiger partial charge in [0.2, 0.25) is 5.95 Å². The Morgan fingerprint density at radius 2 is 1.52 bits per heavy atom. The Morgan fingerprint density at radius 1 is 0.839 bits per heavy atom. The van der Waals surface area contributed by atoms with E-state index in [0.717, 1.165) is 28.3 Å². The van der Waals surface area contributed by atoms with Gasteiger partial charge in [0.25, 0.3) is 5.91 Å². The smallest absolute Gasteiger partial charge is 0.254 e. The second kappa shape index (κ2) is 8.76. The standard InChI is InChI=1S/C25H29N5O/c1-17-5-8-21(9-6-17)27-23-16-20(4)26-25(28-23)30-13-11-29(12-14-30)24(31)22-10-7-18(2)15-19(22)3/h5-10,15-16H,11-14H2,1-4H3,(H,26,27,28). The highest BCUT2D eigenvalue weighted by molar-refractivity contribution is 5.95. The van der Waals surface area contributed by atoms with E-state index in [1.54, 1.807) is 0 Å². The molecule has 0 bridgehead atoms. The van der Waals surface area contributed by atoms with Crippen molar-refractivity contribution in [1.82, 2.24) is 14.9 Å². The summed E-state index contributed by atoms with van der Waals surface area (Å²) < 4.78 is 0. The van der Waals surface area contributed by atoms with Gasteiger partial charge < -0.3 is 15.1 Å². The van der Waals surface area contributed by atoms with Crippen molar-refractivity contribution < 1.29 is 4.79 Å². The van der Waals surface area contributed by atoms with Crippen LogP contribution in [0, 0.1) is 27.7 Å². The number of amides is 1. The summed E-state index contributed by atoms with van der Waals surface area (Å²) in [6, 6.07) is 16.2. The van der Waals surface area contributed by atoms with Gasteiger partial charge in [0.05, 0.1) is 0 Å². The topological polar surface area (TPSA) is 61.4 Å². The van der Waals surface area contributed by atoms with E-state index in [4.69, 9.17) is 4.98 Å². The van der Waals surface area contributed by atoms with E-state index in [0.29, 0.717) is 32.1 Å². The third-order valence-corrected chi connectivity index (χ3v) is 5.63. The first-order valence-corrected chi connectivity index (χ1v) is 10.7. The number of piperazine rings is 1. The lowest BCUT2D eigenvalue weighted by atomic mass is 10.0. The number of anilines is 3. The summed E-state index contributed by atoms with van der Waals surface area (Å²) in [5, 5.41) is 3.37. The lowest BCUT2D eigenvalue weighted by Crippen LogP contribution is -2.49. The largest absolute Gasteiger partial charge is 0.340 e. The van der Waals surface area contributed by atoms with Gasteiger partial charge in [-0.3, -0.25) is 4.79 Å². The Labute approximate surface area is 183 Å². The molecule has 31 heavy (non-hydrogen) atoms. The first kappa shape index (κ1) is 20.8. The zero-order valence-electron chi connectivity index (χ0n) is 18.6. The number of hydrogen-bond donors (Lipinski definition) is 1. The van der Waals surface area contributed by atoms with Gasteiger partial charge in [0.15, 0.2) is 0 Å². The van der Waals surface area contributed by atoms with Crippen LogP contribution in [0.15, 0.2) is 48.5 Å². The molecule has 0 unspecified atom stereocenters. The molecule has 1 aromatic heterocycles. The summed E-state index contributed by atoms with van der Waals surface area (Å²) in [4.78, 5) is 26.4. The Bertz CT molecular complexity index is 1090. The minimum Gasteiger partial charge on any atom is -0.340 e. The zero-order valence-corrected chi connectivity index (χ0v) is 18.6. The molecule has 3 aromatic rings. The Hall–Kier alpha value is -3.41. The van der Waals surface area contributed by atoms with Gasteiger partial charge in [-0.2, -0.15) is 4.98 Å². The molecule has 1 amide bonds. The number of nitrogens with one attached hydrogen (secondary N) is 1. The maximum absolute atomic E-state index is 13.0. The van der Waals surface area contributed by atoms with Crippen molar-refractivity contribution in [2.75, 3.05) is 36.4 Å². The van der Waals surface area contributed by atoms with Crippen molar-refractivity contribution >= 4 is 23.4 Å². The summed E-state index contributed by atoms with van der Waals surface area (Å²) >= 11 is 0. The summed E-state index contributed by atoms with van der Waals surface area (Å²) in [7, 11) is 0. The van der Waals surface area contributed by atoms with E-state index >= 15 is 0 Å². The van der Waals surface area contributed by atoms with Gasteiger partial charge in [-0.25, -0.2) is 4.98 Å². The fourth-order valence-corrected chi connectivity index (χ4v) is 3.88. The molecule has 6 heteroatoms. The molecule has 1 aliphatic heterocycles. The number of benzene rings is 2. The normalized spacial score (nSPS) is 13.9. The van der Waals surface area contributed by atoms with E-state index in [-0.39, 0.29) is 5.91 Å². The maximum atomic E-state index is 13.0. The molecule has 2 aromatic carbocycles. The van der Waals surface area contributed by atoms with Crippen LogP contribution < -0.4 is 10.2 Å². The first-order chi connectivity index (χ1) is 14.9. The van der Waals surface area contributed by atoms with Crippen LogP contribution in [0.1, 0.15) is 32.7 Å². The number of aryl methyl sites for hydroxylation is 4. The van der Waals surface area contributed by atoms with E-state index in [2.05, 4.69) is 40.3 Å². The molecule has 6 nitrogen and oxygen atoms in total. The Morgan fingerprint density at radius 3 is 2.19 bits per heavy atom. The van der Waals surface area contributed by atoms with Crippen molar-refractivity contribution in [3.05, 3.63) is 76.5 Å².